The first-order chi connectivity index (χ1) is 9.16. The summed E-state index contributed by atoms with van der Waals surface area (Å²) in [6.07, 6.45) is 4.46. The first kappa shape index (κ1) is 12.8. The fourth-order valence-corrected chi connectivity index (χ4v) is 1.49. The molecule has 0 atom stereocenters. The van der Waals surface area contributed by atoms with Gasteiger partial charge in [0.25, 0.3) is 5.91 Å². The number of benzene rings is 1. The molecule has 1 aromatic heterocycles. The number of nitrogens with zero attached hydrogens (tertiary/aromatic N) is 2. The summed E-state index contributed by atoms with van der Waals surface area (Å²) in [7, 11) is 0. The summed E-state index contributed by atoms with van der Waals surface area (Å²) in [5.41, 5.74) is 4.35. The third kappa shape index (κ3) is 3.38. The Morgan fingerprint density at radius 1 is 1.32 bits per heavy atom. The molecule has 0 unspecified atom stereocenters. The fraction of sp³-hybridized carbons (Fsp3) is 0.0714. The summed E-state index contributed by atoms with van der Waals surface area (Å²) in [6, 6.07) is 8.40. The Labute approximate surface area is 110 Å². The van der Waals surface area contributed by atoms with E-state index in [4.69, 9.17) is 0 Å². The maximum atomic E-state index is 11.7. The van der Waals surface area contributed by atoms with Crippen molar-refractivity contribution >= 4 is 12.1 Å². The molecule has 0 radical (unpaired) electrons. The molecule has 0 aliphatic rings. The van der Waals surface area contributed by atoms with E-state index in [1.165, 1.54) is 18.6 Å². The first-order valence-corrected chi connectivity index (χ1v) is 5.70. The van der Waals surface area contributed by atoms with Crippen molar-refractivity contribution in [2.75, 3.05) is 0 Å². The Bertz CT molecular complexity index is 609. The molecule has 0 aliphatic heterocycles. The van der Waals surface area contributed by atoms with E-state index in [0.717, 1.165) is 5.56 Å². The Morgan fingerprint density at radius 2 is 2.05 bits per heavy atom. The van der Waals surface area contributed by atoms with Gasteiger partial charge in [-0.15, -0.1) is 0 Å². The van der Waals surface area contributed by atoms with Gasteiger partial charge in [-0.2, -0.15) is 5.10 Å². The summed E-state index contributed by atoms with van der Waals surface area (Å²) in [5.74, 6) is -0.202. The van der Waals surface area contributed by atoms with Gasteiger partial charge >= 0.3 is 0 Å². The monoisotopic (exact) mass is 255 g/mol. The number of rotatable bonds is 3. The number of carbonyl (C=O) groups excluding carboxylic acids is 1. The van der Waals surface area contributed by atoms with E-state index in [-0.39, 0.29) is 11.7 Å². The predicted octanol–water partition coefficient (Wildman–Crippen LogP) is 1.86. The van der Waals surface area contributed by atoms with Crippen LogP contribution >= 0.6 is 0 Å². The van der Waals surface area contributed by atoms with Crippen LogP contribution < -0.4 is 5.43 Å². The number of hydrogen-bond donors (Lipinski definition) is 2. The topological polar surface area (TPSA) is 74.6 Å². The summed E-state index contributed by atoms with van der Waals surface area (Å²) in [6.45, 7) is 1.88. The lowest BCUT2D eigenvalue weighted by molar-refractivity contribution is 0.0955. The highest BCUT2D eigenvalue weighted by atomic mass is 16.3. The van der Waals surface area contributed by atoms with Crippen LogP contribution in [0.1, 0.15) is 21.5 Å². The second kappa shape index (κ2) is 5.77. The van der Waals surface area contributed by atoms with Crippen molar-refractivity contribution in [3.63, 3.8) is 0 Å². The minimum Gasteiger partial charge on any atom is -0.507 e. The van der Waals surface area contributed by atoms with E-state index in [9.17, 15) is 9.90 Å². The normalized spacial score (nSPS) is 10.6. The molecule has 2 N–H and O–H groups in total. The molecular weight excluding hydrogens is 242 g/mol. The number of amides is 1. The van der Waals surface area contributed by atoms with Crippen LogP contribution in [0.4, 0.5) is 0 Å². The molecule has 1 aromatic carbocycles. The Hall–Kier alpha value is -2.69. The van der Waals surface area contributed by atoms with Crippen molar-refractivity contribution in [1.82, 2.24) is 10.4 Å². The van der Waals surface area contributed by atoms with E-state index in [1.807, 2.05) is 13.0 Å². The number of aryl methyl sites for hydroxylation is 1. The summed E-state index contributed by atoms with van der Waals surface area (Å²) in [5, 5.41) is 13.5. The number of hydrazone groups is 1. The van der Waals surface area contributed by atoms with E-state index >= 15 is 0 Å². The van der Waals surface area contributed by atoms with Crippen molar-refractivity contribution in [3.8, 4) is 5.75 Å². The molecule has 2 aromatic rings. The van der Waals surface area contributed by atoms with Crippen LogP contribution in [0.15, 0.2) is 47.8 Å². The van der Waals surface area contributed by atoms with E-state index in [2.05, 4.69) is 15.5 Å². The molecule has 0 spiro atoms. The first-order valence-electron chi connectivity index (χ1n) is 5.70. The number of hydrogen-bond acceptors (Lipinski definition) is 4. The fourth-order valence-electron chi connectivity index (χ4n) is 1.49. The van der Waals surface area contributed by atoms with Crippen LogP contribution in [0.3, 0.4) is 0 Å². The van der Waals surface area contributed by atoms with Crippen LogP contribution in [-0.2, 0) is 0 Å². The zero-order valence-corrected chi connectivity index (χ0v) is 10.4. The average molecular weight is 255 g/mol. The van der Waals surface area contributed by atoms with Gasteiger partial charge in [0.15, 0.2) is 0 Å². The molecule has 1 amide bonds. The number of aromatic nitrogens is 1. The summed E-state index contributed by atoms with van der Waals surface area (Å²) >= 11 is 0. The van der Waals surface area contributed by atoms with Gasteiger partial charge in [0, 0.05) is 23.5 Å². The molecule has 19 heavy (non-hydrogen) atoms. The standard InChI is InChI=1S/C14H13N3O2/c1-10-2-3-12(13(18)8-10)9-16-17-14(19)11-4-6-15-7-5-11/h2-9,18H,1H3,(H,17,19)/b16-9-. The van der Waals surface area contributed by atoms with Gasteiger partial charge < -0.3 is 5.11 Å². The van der Waals surface area contributed by atoms with Crippen LogP contribution in [0.2, 0.25) is 0 Å². The van der Waals surface area contributed by atoms with Gasteiger partial charge in [-0.25, -0.2) is 5.43 Å². The van der Waals surface area contributed by atoms with Gasteiger partial charge in [-0.05, 0) is 36.8 Å². The van der Waals surface area contributed by atoms with Gasteiger partial charge in [-0.1, -0.05) is 6.07 Å². The van der Waals surface area contributed by atoms with Crippen molar-refractivity contribution in [1.29, 1.82) is 0 Å². The lowest BCUT2D eigenvalue weighted by Gasteiger charge is -2.01. The minimum absolute atomic E-state index is 0.127. The van der Waals surface area contributed by atoms with Crippen LogP contribution in [-0.4, -0.2) is 22.2 Å². The second-order valence-corrected chi connectivity index (χ2v) is 4.00. The van der Waals surface area contributed by atoms with Crippen LogP contribution in [0.25, 0.3) is 0 Å². The van der Waals surface area contributed by atoms with Crippen LogP contribution in [0.5, 0.6) is 5.75 Å². The van der Waals surface area contributed by atoms with E-state index in [1.54, 1.807) is 24.3 Å². The van der Waals surface area contributed by atoms with Crippen LogP contribution in [0, 0.1) is 6.92 Å². The molecule has 5 nitrogen and oxygen atoms in total. The number of nitrogens with one attached hydrogen (secondary N) is 1. The van der Waals surface area contributed by atoms with E-state index < -0.39 is 0 Å². The number of carbonyl (C=O) groups is 1. The Balaban J connectivity index is 2.02. The molecular formula is C14H13N3O2. The SMILES string of the molecule is Cc1ccc(/C=N\NC(=O)c2ccncc2)c(O)c1. The lowest BCUT2D eigenvalue weighted by Crippen LogP contribution is -2.17. The number of phenols is 1. The predicted molar refractivity (Wildman–Crippen MR) is 72.1 cm³/mol. The highest BCUT2D eigenvalue weighted by Crippen LogP contribution is 2.15. The molecule has 0 saturated carbocycles. The highest BCUT2D eigenvalue weighted by Gasteiger charge is 2.02. The second-order valence-electron chi connectivity index (χ2n) is 4.00. The zero-order chi connectivity index (χ0) is 13.7. The van der Waals surface area contributed by atoms with Gasteiger partial charge in [-0.3, -0.25) is 9.78 Å². The third-order valence-electron chi connectivity index (χ3n) is 2.50. The summed E-state index contributed by atoms with van der Waals surface area (Å²) in [4.78, 5) is 15.5. The Morgan fingerprint density at radius 3 is 2.74 bits per heavy atom. The number of aromatic hydroxyl groups is 1. The average Bonchev–Trinajstić information content (AvgIpc) is 2.42. The largest absolute Gasteiger partial charge is 0.507 e. The smallest absolute Gasteiger partial charge is 0.271 e. The van der Waals surface area contributed by atoms with Crippen molar-refractivity contribution in [2.45, 2.75) is 6.92 Å². The quantitative estimate of drug-likeness (QED) is 0.649. The number of phenolic OH excluding ortho intramolecular Hbond substituents is 1. The molecule has 0 aliphatic carbocycles. The highest BCUT2D eigenvalue weighted by molar-refractivity contribution is 5.94. The molecule has 96 valence electrons. The van der Waals surface area contributed by atoms with Gasteiger partial charge in [0.2, 0.25) is 0 Å². The summed E-state index contributed by atoms with van der Waals surface area (Å²) < 4.78 is 0. The maximum absolute atomic E-state index is 11.7. The molecule has 5 heteroatoms. The zero-order valence-electron chi connectivity index (χ0n) is 10.4. The van der Waals surface area contributed by atoms with Gasteiger partial charge in [0.05, 0.1) is 6.21 Å². The third-order valence-corrected chi connectivity index (χ3v) is 2.50. The van der Waals surface area contributed by atoms with Crippen molar-refractivity contribution < 1.29 is 9.90 Å². The number of pyridine rings is 1. The minimum atomic E-state index is -0.328. The maximum Gasteiger partial charge on any atom is 0.271 e. The van der Waals surface area contributed by atoms with E-state index in [0.29, 0.717) is 11.1 Å². The van der Waals surface area contributed by atoms with Crippen molar-refractivity contribution in [2.24, 2.45) is 5.10 Å². The molecule has 1 heterocycles. The molecule has 0 fully saturated rings. The molecule has 2 rings (SSSR count). The molecule has 0 saturated heterocycles. The molecule has 0 bridgehead atoms. The van der Waals surface area contributed by atoms with Crippen molar-refractivity contribution in [3.05, 3.63) is 59.4 Å². The Kier molecular flexibility index (Phi) is 3.87. The van der Waals surface area contributed by atoms with Gasteiger partial charge in [0.1, 0.15) is 5.75 Å². The lowest BCUT2D eigenvalue weighted by atomic mass is 10.1.